The van der Waals surface area contributed by atoms with E-state index in [-0.39, 0.29) is 30.5 Å². The molecule has 1 aromatic heterocycles. The van der Waals surface area contributed by atoms with Crippen LogP contribution in [0, 0.1) is 0 Å². The van der Waals surface area contributed by atoms with Gasteiger partial charge in [-0.1, -0.05) is 6.07 Å². The third-order valence-electron chi connectivity index (χ3n) is 5.55. The lowest BCUT2D eigenvalue weighted by Crippen LogP contribution is -2.44. The number of aliphatic hydroxyl groups excluding tert-OH is 1. The van der Waals surface area contributed by atoms with Crippen LogP contribution in [0.5, 0.6) is 0 Å². The molecule has 1 aliphatic carbocycles. The Hall–Kier alpha value is -2.19. The Morgan fingerprint density at radius 1 is 1.22 bits per heavy atom. The average Bonchev–Trinajstić information content (AvgIpc) is 2.99. The lowest BCUT2D eigenvalue weighted by atomic mass is 9.93. The minimum absolute atomic E-state index is 0.0428. The molecule has 2 fully saturated rings. The lowest BCUT2D eigenvalue weighted by molar-refractivity contribution is -0.122. The van der Waals surface area contributed by atoms with Crippen LogP contribution in [0.4, 0.5) is 5.82 Å². The number of hydrogen-bond donors (Lipinski definition) is 2. The van der Waals surface area contributed by atoms with Crippen molar-refractivity contribution in [3.63, 3.8) is 0 Å². The molecule has 0 radical (unpaired) electrons. The quantitative estimate of drug-likeness (QED) is 0.787. The van der Waals surface area contributed by atoms with E-state index in [4.69, 9.17) is 4.74 Å². The predicted octanol–water partition coefficient (Wildman–Crippen LogP) is 0.294. The first kappa shape index (κ1) is 18.2. The number of aliphatic hydroxyl groups is 1. The van der Waals surface area contributed by atoms with E-state index in [1.54, 1.807) is 4.90 Å². The summed E-state index contributed by atoms with van der Waals surface area (Å²) >= 11 is 0. The molecule has 8 heteroatoms. The topological polar surface area (TPSA) is 95.0 Å². The van der Waals surface area contributed by atoms with E-state index >= 15 is 0 Å². The zero-order valence-corrected chi connectivity index (χ0v) is 15.4. The van der Waals surface area contributed by atoms with Crippen molar-refractivity contribution in [1.29, 1.82) is 0 Å². The van der Waals surface area contributed by atoms with Crippen molar-refractivity contribution in [1.82, 2.24) is 15.2 Å². The van der Waals surface area contributed by atoms with Crippen molar-refractivity contribution >= 4 is 17.6 Å². The first-order valence-electron chi connectivity index (χ1n) is 9.69. The highest BCUT2D eigenvalue weighted by molar-refractivity contribution is 5.99. The molecule has 8 nitrogen and oxygen atoms in total. The molecule has 4 rings (SSSR count). The number of aromatic nitrogens is 1. The minimum atomic E-state index is -0.250. The van der Waals surface area contributed by atoms with Gasteiger partial charge in [-0.25, -0.2) is 4.98 Å². The van der Waals surface area contributed by atoms with Crippen LogP contribution in [-0.2, 0) is 16.1 Å². The van der Waals surface area contributed by atoms with Crippen molar-refractivity contribution in [2.45, 2.75) is 44.4 Å². The Kier molecular flexibility index (Phi) is 5.27. The summed E-state index contributed by atoms with van der Waals surface area (Å²) in [5, 5.41) is 12.5. The number of hydrogen-bond acceptors (Lipinski definition) is 6. The number of morpholine rings is 1. The average molecular weight is 374 g/mol. The summed E-state index contributed by atoms with van der Waals surface area (Å²) < 4.78 is 5.36. The molecule has 1 saturated carbocycles. The molecule has 2 N–H and O–H groups in total. The highest BCUT2D eigenvalue weighted by atomic mass is 16.5. The monoisotopic (exact) mass is 374 g/mol. The fourth-order valence-electron chi connectivity index (χ4n) is 3.98. The van der Waals surface area contributed by atoms with E-state index in [9.17, 15) is 14.7 Å². The van der Waals surface area contributed by atoms with Gasteiger partial charge in [-0.05, 0) is 31.7 Å². The maximum atomic E-state index is 12.7. The van der Waals surface area contributed by atoms with E-state index in [1.807, 2.05) is 12.1 Å². The summed E-state index contributed by atoms with van der Waals surface area (Å²) in [4.78, 5) is 33.3. The van der Waals surface area contributed by atoms with Crippen molar-refractivity contribution in [2.24, 2.45) is 0 Å². The molecular formula is C19H26N4O4. The molecule has 0 unspecified atom stereocenters. The van der Waals surface area contributed by atoms with Crippen LogP contribution < -0.4 is 10.2 Å². The maximum Gasteiger partial charge on any atom is 0.273 e. The first-order valence-corrected chi connectivity index (χ1v) is 9.69. The number of rotatable bonds is 4. The van der Waals surface area contributed by atoms with Gasteiger partial charge in [0.25, 0.3) is 5.91 Å². The number of nitrogens with zero attached hydrogens (tertiary/aromatic N) is 3. The molecule has 1 aromatic rings. The van der Waals surface area contributed by atoms with Crippen molar-refractivity contribution in [2.75, 3.05) is 37.7 Å². The molecule has 0 bridgehead atoms. The summed E-state index contributed by atoms with van der Waals surface area (Å²) in [6.45, 7) is 3.32. The summed E-state index contributed by atoms with van der Waals surface area (Å²) in [6, 6.07) is 3.96. The predicted molar refractivity (Wildman–Crippen MR) is 98.4 cm³/mol. The van der Waals surface area contributed by atoms with Gasteiger partial charge in [0.15, 0.2) is 0 Å². The molecule has 27 heavy (non-hydrogen) atoms. The number of nitrogens with one attached hydrogen (secondary N) is 1. The number of carbonyl (C=O) groups is 2. The van der Waals surface area contributed by atoms with Crippen LogP contribution >= 0.6 is 0 Å². The number of ether oxygens (including phenoxy) is 1. The SMILES string of the molecule is O=C(CN1Cc2ccc(N3CCOCC3)nc2C1=O)NC1CCC(O)CC1. The minimum Gasteiger partial charge on any atom is -0.393 e. The maximum absolute atomic E-state index is 12.7. The molecule has 3 aliphatic rings. The molecule has 0 aromatic carbocycles. The molecular weight excluding hydrogens is 348 g/mol. The second kappa shape index (κ2) is 7.82. The molecule has 2 amide bonds. The van der Waals surface area contributed by atoms with E-state index in [2.05, 4.69) is 15.2 Å². The highest BCUT2D eigenvalue weighted by Crippen LogP contribution is 2.25. The van der Waals surface area contributed by atoms with Crippen LogP contribution in [0.1, 0.15) is 41.7 Å². The van der Waals surface area contributed by atoms with Crippen molar-refractivity contribution in [3.05, 3.63) is 23.4 Å². The fourth-order valence-corrected chi connectivity index (χ4v) is 3.98. The molecule has 2 aliphatic heterocycles. The second-order valence-electron chi connectivity index (χ2n) is 7.51. The van der Waals surface area contributed by atoms with E-state index in [1.165, 1.54) is 0 Å². The zero-order chi connectivity index (χ0) is 18.8. The van der Waals surface area contributed by atoms with E-state index in [0.717, 1.165) is 37.3 Å². The summed E-state index contributed by atoms with van der Waals surface area (Å²) in [5.74, 6) is 0.456. The normalized spacial score (nSPS) is 25.4. The Bertz CT molecular complexity index is 712. The second-order valence-corrected chi connectivity index (χ2v) is 7.51. The Morgan fingerprint density at radius 3 is 2.70 bits per heavy atom. The lowest BCUT2D eigenvalue weighted by Gasteiger charge is -2.27. The van der Waals surface area contributed by atoms with E-state index < -0.39 is 0 Å². The third-order valence-corrected chi connectivity index (χ3v) is 5.55. The Morgan fingerprint density at radius 2 is 1.96 bits per heavy atom. The van der Waals surface area contributed by atoms with Gasteiger partial charge in [-0.15, -0.1) is 0 Å². The Balaban J connectivity index is 1.36. The standard InChI is InChI=1S/C19H26N4O4/c24-15-4-2-14(3-5-15)20-17(25)12-23-11-13-1-6-16(21-18(13)19(23)26)22-7-9-27-10-8-22/h1,6,14-15,24H,2-5,7-12H2,(H,20,25). The van der Waals surface area contributed by atoms with Crippen LogP contribution in [-0.4, -0.2) is 71.8 Å². The number of pyridine rings is 1. The Labute approximate surface area is 158 Å². The van der Waals surface area contributed by atoms with Gasteiger partial charge in [0.2, 0.25) is 5.91 Å². The molecule has 1 saturated heterocycles. The van der Waals surface area contributed by atoms with Gasteiger partial charge >= 0.3 is 0 Å². The summed E-state index contributed by atoms with van der Waals surface area (Å²) in [6.07, 6.45) is 2.75. The van der Waals surface area contributed by atoms with Crippen molar-refractivity contribution < 1.29 is 19.4 Å². The smallest absolute Gasteiger partial charge is 0.273 e. The summed E-state index contributed by atoms with van der Waals surface area (Å²) in [7, 11) is 0. The molecule has 0 atom stereocenters. The summed E-state index contributed by atoms with van der Waals surface area (Å²) in [5.41, 5.74) is 1.32. The van der Waals surface area contributed by atoms with Crippen molar-refractivity contribution in [3.8, 4) is 0 Å². The van der Waals surface area contributed by atoms with E-state index in [0.29, 0.717) is 38.3 Å². The van der Waals surface area contributed by atoms with Gasteiger partial charge in [0, 0.05) is 31.2 Å². The van der Waals surface area contributed by atoms with Crippen LogP contribution in [0.25, 0.3) is 0 Å². The number of carbonyl (C=O) groups excluding carboxylic acids is 2. The van der Waals surface area contributed by atoms with Crippen LogP contribution in [0.3, 0.4) is 0 Å². The highest BCUT2D eigenvalue weighted by Gasteiger charge is 2.32. The molecule has 3 heterocycles. The third kappa shape index (κ3) is 4.06. The first-order chi connectivity index (χ1) is 13.1. The van der Waals surface area contributed by atoms with Gasteiger partial charge in [-0.2, -0.15) is 0 Å². The molecule has 0 spiro atoms. The largest absolute Gasteiger partial charge is 0.393 e. The number of fused-ring (bicyclic) bond motifs is 1. The van der Waals surface area contributed by atoms with Gasteiger partial charge in [0.05, 0.1) is 19.3 Å². The number of amides is 2. The number of anilines is 1. The zero-order valence-electron chi connectivity index (χ0n) is 15.4. The van der Waals surface area contributed by atoms with Crippen LogP contribution in [0.15, 0.2) is 12.1 Å². The fraction of sp³-hybridized carbons (Fsp3) is 0.632. The van der Waals surface area contributed by atoms with Crippen LogP contribution in [0.2, 0.25) is 0 Å². The van der Waals surface area contributed by atoms with Gasteiger partial charge in [-0.3, -0.25) is 9.59 Å². The van der Waals surface area contributed by atoms with Gasteiger partial charge < -0.3 is 25.0 Å². The van der Waals surface area contributed by atoms with Gasteiger partial charge in [0.1, 0.15) is 18.1 Å². The molecule has 146 valence electrons.